The van der Waals surface area contributed by atoms with Gasteiger partial charge in [-0.15, -0.1) is 16.7 Å². The quantitative estimate of drug-likeness (QED) is 0.783. The second-order valence-electron chi connectivity index (χ2n) is 3.78. The van der Waals surface area contributed by atoms with E-state index in [0.717, 1.165) is 10.8 Å². The molecular formula is C12H12ClF2N3. The number of rotatable bonds is 5. The van der Waals surface area contributed by atoms with Crippen LogP contribution < -0.4 is 4.90 Å². The van der Waals surface area contributed by atoms with Gasteiger partial charge in [-0.3, -0.25) is 0 Å². The summed E-state index contributed by atoms with van der Waals surface area (Å²) in [6, 6.07) is 7.42. The lowest BCUT2D eigenvalue weighted by Crippen LogP contribution is -2.31. The fourth-order valence-corrected chi connectivity index (χ4v) is 2.00. The first-order chi connectivity index (χ1) is 8.72. The minimum atomic E-state index is -2.44. The molecule has 0 aliphatic carbocycles. The molecule has 0 N–H and O–H groups in total. The summed E-state index contributed by atoms with van der Waals surface area (Å²) in [6.07, 6.45) is -0.825. The van der Waals surface area contributed by atoms with Crippen molar-refractivity contribution in [2.45, 2.75) is 6.43 Å². The van der Waals surface area contributed by atoms with Gasteiger partial charge in [0.05, 0.1) is 12.7 Å². The number of aromatic nitrogens is 2. The molecule has 0 spiro atoms. The Kier molecular flexibility index (Phi) is 4.25. The van der Waals surface area contributed by atoms with Crippen LogP contribution in [0.5, 0.6) is 0 Å². The van der Waals surface area contributed by atoms with Gasteiger partial charge in [0.1, 0.15) is 0 Å². The van der Waals surface area contributed by atoms with Gasteiger partial charge in [0, 0.05) is 23.2 Å². The molecular weight excluding hydrogens is 260 g/mol. The zero-order valence-corrected chi connectivity index (χ0v) is 10.3. The third-order valence-electron chi connectivity index (χ3n) is 2.56. The Balaban J connectivity index is 2.43. The molecule has 0 amide bonds. The zero-order chi connectivity index (χ0) is 13.0. The van der Waals surface area contributed by atoms with Crippen molar-refractivity contribution >= 4 is 28.2 Å². The van der Waals surface area contributed by atoms with Gasteiger partial charge in [0.25, 0.3) is 6.43 Å². The maximum absolute atomic E-state index is 12.6. The third kappa shape index (κ3) is 2.85. The summed E-state index contributed by atoms with van der Waals surface area (Å²) in [4.78, 5) is 1.47. The second-order valence-corrected chi connectivity index (χ2v) is 4.16. The summed E-state index contributed by atoms with van der Waals surface area (Å²) >= 11 is 5.65. The second kappa shape index (κ2) is 5.91. The highest BCUT2D eigenvalue weighted by molar-refractivity contribution is 6.18. The first kappa shape index (κ1) is 13.0. The molecule has 1 aromatic heterocycles. The van der Waals surface area contributed by atoms with Gasteiger partial charge in [-0.25, -0.2) is 8.78 Å². The molecule has 0 aliphatic rings. The van der Waals surface area contributed by atoms with E-state index in [1.54, 1.807) is 6.20 Å². The van der Waals surface area contributed by atoms with E-state index >= 15 is 0 Å². The highest BCUT2D eigenvalue weighted by atomic mass is 35.5. The fourth-order valence-electron chi connectivity index (χ4n) is 1.80. The van der Waals surface area contributed by atoms with Gasteiger partial charge in [-0.05, 0) is 0 Å². The molecule has 0 unspecified atom stereocenters. The summed E-state index contributed by atoms with van der Waals surface area (Å²) in [6.45, 7) is -0.0794. The molecule has 2 rings (SSSR count). The van der Waals surface area contributed by atoms with Crippen LogP contribution in [-0.4, -0.2) is 35.6 Å². The van der Waals surface area contributed by atoms with Crippen LogP contribution in [0.15, 0.2) is 30.5 Å². The Bertz CT molecular complexity index is 516. The van der Waals surface area contributed by atoms with Gasteiger partial charge >= 0.3 is 0 Å². The zero-order valence-electron chi connectivity index (χ0n) is 9.56. The predicted octanol–water partition coefficient (Wildman–Crippen LogP) is 2.94. The maximum Gasteiger partial charge on any atom is 0.255 e. The first-order valence-corrected chi connectivity index (χ1v) is 6.05. The van der Waals surface area contributed by atoms with Crippen molar-refractivity contribution in [3.63, 3.8) is 0 Å². The summed E-state index contributed by atoms with van der Waals surface area (Å²) in [5.74, 6) is 0.714. The number of nitrogens with zero attached hydrogens (tertiary/aromatic N) is 3. The van der Waals surface area contributed by atoms with Gasteiger partial charge in [-0.2, -0.15) is 5.10 Å². The SMILES string of the molecule is FC(F)CN(CCCl)c1nncc2ccccc12. The molecule has 0 aliphatic heterocycles. The summed E-state index contributed by atoms with van der Waals surface area (Å²) in [5, 5.41) is 9.48. The van der Waals surface area contributed by atoms with Crippen molar-refractivity contribution < 1.29 is 8.78 Å². The molecule has 0 radical (unpaired) electrons. The fraction of sp³-hybridized carbons (Fsp3) is 0.333. The molecule has 1 aromatic carbocycles. The normalized spacial score (nSPS) is 11.1. The monoisotopic (exact) mass is 271 g/mol. The highest BCUT2D eigenvalue weighted by Gasteiger charge is 2.16. The van der Waals surface area contributed by atoms with Crippen molar-refractivity contribution in [2.24, 2.45) is 0 Å². The number of halogens is 3. The average molecular weight is 272 g/mol. The van der Waals surface area contributed by atoms with Crippen LogP contribution in [0.4, 0.5) is 14.6 Å². The first-order valence-electron chi connectivity index (χ1n) is 5.52. The van der Waals surface area contributed by atoms with E-state index < -0.39 is 13.0 Å². The topological polar surface area (TPSA) is 29.0 Å². The van der Waals surface area contributed by atoms with Crippen LogP contribution >= 0.6 is 11.6 Å². The number of hydrogen-bond donors (Lipinski definition) is 0. The van der Waals surface area contributed by atoms with Gasteiger partial charge in [-0.1, -0.05) is 24.3 Å². The van der Waals surface area contributed by atoms with E-state index in [1.165, 1.54) is 4.90 Å². The lowest BCUT2D eigenvalue weighted by Gasteiger charge is -2.22. The molecule has 0 fully saturated rings. The Hall–Kier alpha value is -1.49. The molecule has 3 nitrogen and oxygen atoms in total. The predicted molar refractivity (Wildman–Crippen MR) is 68.5 cm³/mol. The maximum atomic E-state index is 12.6. The van der Waals surface area contributed by atoms with E-state index in [-0.39, 0.29) is 5.88 Å². The summed E-state index contributed by atoms with van der Waals surface area (Å²) < 4.78 is 25.1. The Morgan fingerprint density at radius 2 is 2.06 bits per heavy atom. The summed E-state index contributed by atoms with van der Waals surface area (Å²) in [7, 11) is 0. The van der Waals surface area contributed by atoms with Crippen LogP contribution in [0.25, 0.3) is 10.8 Å². The van der Waals surface area contributed by atoms with Gasteiger partial charge in [0.2, 0.25) is 0 Å². The van der Waals surface area contributed by atoms with E-state index in [1.807, 2.05) is 24.3 Å². The minimum absolute atomic E-state index is 0.262. The van der Waals surface area contributed by atoms with Crippen LogP contribution in [0.1, 0.15) is 0 Å². The third-order valence-corrected chi connectivity index (χ3v) is 2.73. The highest BCUT2D eigenvalue weighted by Crippen LogP contribution is 2.23. The lowest BCUT2D eigenvalue weighted by atomic mass is 10.2. The van der Waals surface area contributed by atoms with E-state index in [0.29, 0.717) is 12.4 Å². The molecule has 0 saturated heterocycles. The molecule has 1 heterocycles. The van der Waals surface area contributed by atoms with Crippen molar-refractivity contribution in [1.82, 2.24) is 10.2 Å². The number of benzene rings is 1. The van der Waals surface area contributed by atoms with Crippen molar-refractivity contribution in [1.29, 1.82) is 0 Å². The largest absolute Gasteiger partial charge is 0.348 e. The van der Waals surface area contributed by atoms with Gasteiger partial charge < -0.3 is 4.90 Å². The van der Waals surface area contributed by atoms with Crippen LogP contribution in [0.2, 0.25) is 0 Å². The molecule has 96 valence electrons. The van der Waals surface area contributed by atoms with Gasteiger partial charge in [0.15, 0.2) is 5.82 Å². The van der Waals surface area contributed by atoms with E-state index in [9.17, 15) is 8.78 Å². The molecule has 0 atom stereocenters. The van der Waals surface area contributed by atoms with Crippen LogP contribution in [0.3, 0.4) is 0 Å². The molecule has 18 heavy (non-hydrogen) atoms. The average Bonchev–Trinajstić information content (AvgIpc) is 2.37. The van der Waals surface area contributed by atoms with Crippen molar-refractivity contribution in [3.05, 3.63) is 30.5 Å². The van der Waals surface area contributed by atoms with Crippen molar-refractivity contribution in [2.75, 3.05) is 23.9 Å². The lowest BCUT2D eigenvalue weighted by molar-refractivity contribution is 0.155. The number of fused-ring (bicyclic) bond motifs is 1. The Labute approximate surface area is 108 Å². The number of anilines is 1. The van der Waals surface area contributed by atoms with E-state index in [4.69, 9.17) is 11.6 Å². The summed E-state index contributed by atoms with van der Waals surface area (Å²) in [5.41, 5.74) is 0. The molecule has 2 aromatic rings. The van der Waals surface area contributed by atoms with Crippen LogP contribution in [0, 0.1) is 0 Å². The number of hydrogen-bond acceptors (Lipinski definition) is 3. The Morgan fingerprint density at radius 3 is 2.78 bits per heavy atom. The smallest absolute Gasteiger partial charge is 0.255 e. The van der Waals surface area contributed by atoms with E-state index in [2.05, 4.69) is 10.2 Å². The minimum Gasteiger partial charge on any atom is -0.348 e. The number of alkyl halides is 3. The Morgan fingerprint density at radius 1 is 1.28 bits per heavy atom. The molecule has 0 saturated carbocycles. The van der Waals surface area contributed by atoms with Crippen molar-refractivity contribution in [3.8, 4) is 0 Å². The molecule has 0 bridgehead atoms. The standard InChI is InChI=1S/C12H12ClF2N3/c13-5-6-18(8-11(14)15)12-10-4-2-1-3-9(10)7-16-17-12/h1-4,7,11H,5-6,8H2. The molecule has 6 heteroatoms. The van der Waals surface area contributed by atoms with Crippen LogP contribution in [-0.2, 0) is 0 Å².